The van der Waals surface area contributed by atoms with Gasteiger partial charge in [0.1, 0.15) is 27.1 Å². The molecule has 12 heteroatoms. The van der Waals surface area contributed by atoms with Crippen LogP contribution in [0.2, 0.25) is 0 Å². The molecule has 1 atom stereocenters. The lowest BCUT2D eigenvalue weighted by Gasteiger charge is -2.19. The third-order valence-corrected chi connectivity index (χ3v) is 7.41. The molecule has 5 rings (SSSR count). The van der Waals surface area contributed by atoms with Gasteiger partial charge in [-0.1, -0.05) is 18.2 Å². The number of methoxy groups -OCH3 is 1. The number of aromatic hydroxyl groups is 1. The van der Waals surface area contributed by atoms with Crippen LogP contribution in [-0.4, -0.2) is 48.4 Å². The van der Waals surface area contributed by atoms with Crippen LogP contribution in [0.3, 0.4) is 0 Å². The summed E-state index contributed by atoms with van der Waals surface area (Å²) in [6.07, 6.45) is -1.06. The highest BCUT2D eigenvalue weighted by molar-refractivity contribution is 7.15. The van der Waals surface area contributed by atoms with Gasteiger partial charge in [-0.3, -0.25) is 4.79 Å². The van der Waals surface area contributed by atoms with E-state index in [0.717, 1.165) is 30.8 Å². The van der Waals surface area contributed by atoms with Crippen molar-refractivity contribution in [3.8, 4) is 27.0 Å². The van der Waals surface area contributed by atoms with Gasteiger partial charge in [-0.15, -0.1) is 11.3 Å². The fraction of sp³-hybridized carbons (Fsp3) is 0.174. The molecule has 1 unspecified atom stereocenters. The smallest absolute Gasteiger partial charge is 0.341 e. The van der Waals surface area contributed by atoms with E-state index in [0.29, 0.717) is 32.5 Å². The molecular weight excluding hydrogens is 495 g/mol. The molecule has 2 aromatic heterocycles. The van der Waals surface area contributed by atoms with Crippen molar-refractivity contribution >= 4 is 34.7 Å². The van der Waals surface area contributed by atoms with E-state index in [4.69, 9.17) is 0 Å². The predicted octanol–water partition coefficient (Wildman–Crippen LogP) is 3.92. The molecule has 0 fully saturated rings. The molecule has 0 aliphatic carbocycles. The number of phenols is 1. The van der Waals surface area contributed by atoms with Gasteiger partial charge in [-0.2, -0.15) is 4.37 Å². The van der Waals surface area contributed by atoms with Gasteiger partial charge in [0.2, 0.25) is 0 Å². The van der Waals surface area contributed by atoms with Crippen molar-refractivity contribution in [2.75, 3.05) is 7.11 Å². The lowest BCUT2D eigenvalue weighted by Crippen LogP contribution is -2.27. The molecule has 178 valence electrons. The number of nitrogens with zero attached hydrogens (tertiary/aromatic N) is 4. The fourth-order valence-corrected chi connectivity index (χ4v) is 5.55. The van der Waals surface area contributed by atoms with Gasteiger partial charge >= 0.3 is 5.97 Å². The molecular formula is C23H17FN4O5S2. The number of hydrogen-bond donors (Lipinski definition) is 2. The first-order valence-corrected chi connectivity index (χ1v) is 11.9. The molecule has 1 aliphatic heterocycles. The van der Waals surface area contributed by atoms with E-state index in [9.17, 15) is 24.2 Å². The van der Waals surface area contributed by atoms with E-state index in [1.165, 1.54) is 16.2 Å². The number of fused-ring (bicyclic) bond motifs is 1. The van der Waals surface area contributed by atoms with Crippen molar-refractivity contribution in [3.05, 3.63) is 69.6 Å². The summed E-state index contributed by atoms with van der Waals surface area (Å²) in [6.45, 7) is 1.87. The molecule has 35 heavy (non-hydrogen) atoms. The average Bonchev–Trinajstić information content (AvgIpc) is 3.54. The molecule has 9 nitrogen and oxygen atoms in total. The fourth-order valence-electron chi connectivity index (χ4n) is 3.81. The SMILES string of the molecule is COC(=O)c1cc(F)c(-c2nc(-c3sc(CN4C(=O)c5ccccc5C4O)nc3C)ns2)cc1O. The van der Waals surface area contributed by atoms with Gasteiger partial charge in [0.15, 0.2) is 12.1 Å². The second-order valence-electron chi connectivity index (χ2n) is 7.68. The molecule has 0 bridgehead atoms. The van der Waals surface area contributed by atoms with Gasteiger partial charge in [0.05, 0.1) is 29.8 Å². The number of thiazole rings is 1. The Morgan fingerprint density at radius 3 is 2.74 bits per heavy atom. The van der Waals surface area contributed by atoms with Gasteiger partial charge in [-0.25, -0.2) is 19.2 Å². The Bertz CT molecular complexity index is 1480. The van der Waals surface area contributed by atoms with Crippen molar-refractivity contribution in [3.63, 3.8) is 0 Å². The van der Waals surface area contributed by atoms with Crippen molar-refractivity contribution in [1.82, 2.24) is 19.2 Å². The van der Waals surface area contributed by atoms with Gasteiger partial charge in [0, 0.05) is 11.1 Å². The monoisotopic (exact) mass is 512 g/mol. The predicted molar refractivity (Wildman–Crippen MR) is 125 cm³/mol. The molecule has 1 amide bonds. The number of benzene rings is 2. The third-order valence-electron chi connectivity index (χ3n) is 5.52. The van der Waals surface area contributed by atoms with Crippen LogP contribution in [0, 0.1) is 12.7 Å². The number of aromatic nitrogens is 3. The van der Waals surface area contributed by atoms with Gasteiger partial charge in [0.25, 0.3) is 5.91 Å². The van der Waals surface area contributed by atoms with Crippen molar-refractivity contribution < 1.29 is 28.9 Å². The second kappa shape index (κ2) is 8.80. The highest BCUT2D eigenvalue weighted by Gasteiger charge is 2.35. The number of esters is 1. The van der Waals surface area contributed by atoms with Crippen LogP contribution in [0.5, 0.6) is 5.75 Å². The Kier molecular flexibility index (Phi) is 5.79. The zero-order valence-electron chi connectivity index (χ0n) is 18.4. The minimum absolute atomic E-state index is 0.00940. The minimum atomic E-state index is -1.06. The molecule has 0 saturated heterocycles. The zero-order valence-corrected chi connectivity index (χ0v) is 20.0. The number of hydrogen-bond acceptors (Lipinski definition) is 10. The number of halogens is 1. The first-order valence-electron chi connectivity index (χ1n) is 10.3. The summed E-state index contributed by atoms with van der Waals surface area (Å²) in [7, 11) is 1.13. The number of carbonyl (C=O) groups excluding carboxylic acids is 2. The van der Waals surface area contributed by atoms with Crippen LogP contribution < -0.4 is 0 Å². The minimum Gasteiger partial charge on any atom is -0.507 e. The number of rotatable bonds is 5. The summed E-state index contributed by atoms with van der Waals surface area (Å²) in [5, 5.41) is 21.5. The summed E-state index contributed by atoms with van der Waals surface area (Å²) in [5.41, 5.74) is 1.34. The normalized spacial score (nSPS) is 14.9. The Balaban J connectivity index is 1.41. The highest BCUT2D eigenvalue weighted by Crippen LogP contribution is 2.37. The Hall–Kier alpha value is -3.74. The number of aliphatic hydroxyl groups is 1. The largest absolute Gasteiger partial charge is 0.507 e. The summed E-state index contributed by atoms with van der Waals surface area (Å²) in [4.78, 5) is 35.3. The molecule has 0 saturated carbocycles. The van der Waals surface area contributed by atoms with E-state index in [-0.39, 0.29) is 28.6 Å². The molecule has 2 aromatic carbocycles. The molecule has 4 aromatic rings. The van der Waals surface area contributed by atoms with Crippen LogP contribution in [0.25, 0.3) is 21.3 Å². The second-order valence-corrected chi connectivity index (χ2v) is 9.52. The molecule has 2 N–H and O–H groups in total. The molecule has 3 heterocycles. The van der Waals surface area contributed by atoms with Crippen LogP contribution in [0.15, 0.2) is 36.4 Å². The third kappa shape index (κ3) is 3.95. The quantitative estimate of drug-likeness (QED) is 0.386. The van der Waals surface area contributed by atoms with Crippen LogP contribution >= 0.6 is 22.9 Å². The first kappa shape index (κ1) is 23.0. The van der Waals surface area contributed by atoms with Gasteiger partial charge in [-0.05, 0) is 36.7 Å². The lowest BCUT2D eigenvalue weighted by molar-refractivity contribution is 0.0137. The summed E-state index contributed by atoms with van der Waals surface area (Å²) < 4.78 is 23.5. The van der Waals surface area contributed by atoms with Gasteiger partial charge < -0.3 is 19.8 Å². The van der Waals surface area contributed by atoms with E-state index >= 15 is 0 Å². The number of phenolic OH excluding ortho intramolecular Hbond substituents is 1. The summed E-state index contributed by atoms with van der Waals surface area (Å²) >= 11 is 2.20. The zero-order chi connectivity index (χ0) is 24.9. The van der Waals surface area contributed by atoms with Crippen molar-refractivity contribution in [2.24, 2.45) is 0 Å². The van der Waals surface area contributed by atoms with E-state index in [1.807, 2.05) is 0 Å². The van der Waals surface area contributed by atoms with Crippen LogP contribution in [0.4, 0.5) is 4.39 Å². The Morgan fingerprint density at radius 2 is 2.00 bits per heavy atom. The number of carbonyl (C=O) groups is 2. The lowest BCUT2D eigenvalue weighted by atomic mass is 10.1. The van der Waals surface area contributed by atoms with Crippen LogP contribution in [0.1, 0.15) is 43.2 Å². The van der Waals surface area contributed by atoms with E-state index < -0.39 is 23.8 Å². The van der Waals surface area contributed by atoms with E-state index in [1.54, 1.807) is 31.2 Å². The average molecular weight is 513 g/mol. The molecule has 1 aliphatic rings. The Morgan fingerprint density at radius 1 is 1.23 bits per heavy atom. The number of aryl methyl sites for hydroxylation is 1. The summed E-state index contributed by atoms with van der Waals surface area (Å²) in [6, 6.07) is 8.90. The number of ether oxygens (including phenoxy) is 1. The maximum absolute atomic E-state index is 14.7. The molecule has 0 radical (unpaired) electrons. The van der Waals surface area contributed by atoms with Crippen LogP contribution in [-0.2, 0) is 11.3 Å². The standard InChI is InChI=1S/C23H17FN4O5S2/c1-10-18(34-17(25-10)9-28-21(30)11-5-3-4-6-12(11)22(28)31)19-26-20(35-27-19)13-8-16(29)14(7-15(13)24)23(32)33-2/h3-8,21,29-30H,9H2,1-2H3. The maximum Gasteiger partial charge on any atom is 0.341 e. The topological polar surface area (TPSA) is 126 Å². The van der Waals surface area contributed by atoms with E-state index in [2.05, 4.69) is 19.1 Å². The molecule has 0 spiro atoms. The maximum atomic E-state index is 14.7. The Labute approximate surface area is 206 Å². The number of amides is 1. The van der Waals surface area contributed by atoms with Crippen molar-refractivity contribution in [2.45, 2.75) is 19.7 Å². The number of aliphatic hydroxyl groups excluding tert-OH is 1. The highest BCUT2D eigenvalue weighted by atomic mass is 32.1. The first-order chi connectivity index (χ1) is 16.8. The summed E-state index contributed by atoms with van der Waals surface area (Å²) in [5.74, 6) is -2.01. The van der Waals surface area contributed by atoms with Crippen molar-refractivity contribution in [1.29, 1.82) is 0 Å².